The number of rotatable bonds is 4. The number of aromatic nitrogens is 3. The fourth-order valence-corrected chi connectivity index (χ4v) is 4.80. The van der Waals surface area contributed by atoms with Gasteiger partial charge in [0.25, 0.3) is 5.91 Å². The molecule has 0 saturated heterocycles. The second kappa shape index (κ2) is 15.5. The predicted octanol–water partition coefficient (Wildman–Crippen LogP) is 0.103. The highest BCUT2D eigenvalue weighted by Gasteiger charge is 2.34. The molecule has 2 aromatic carbocycles. The number of carbonyl (C=O) groups is 4. The Labute approximate surface area is 264 Å². The van der Waals surface area contributed by atoms with Crippen molar-refractivity contribution in [3.63, 3.8) is 0 Å². The molecule has 14 nitrogen and oxygen atoms in total. The molecule has 0 fully saturated rings. The summed E-state index contributed by atoms with van der Waals surface area (Å²) in [5, 5.41) is 39.6. The largest absolute Gasteiger partial charge is 0.493 e. The van der Waals surface area contributed by atoms with Crippen LogP contribution < -0.4 is 26.0 Å². The number of halogens is 1. The van der Waals surface area contributed by atoms with Gasteiger partial charge >= 0.3 is 0 Å². The molecule has 0 spiro atoms. The molecule has 0 radical (unpaired) electrons. The van der Waals surface area contributed by atoms with Gasteiger partial charge in [-0.3, -0.25) is 23.9 Å². The van der Waals surface area contributed by atoms with E-state index in [0.717, 1.165) is 5.56 Å². The van der Waals surface area contributed by atoms with Gasteiger partial charge in [0.15, 0.2) is 0 Å². The number of aliphatic hydroxyl groups is 2. The summed E-state index contributed by atoms with van der Waals surface area (Å²) in [4.78, 5) is 53.3. The molecule has 0 unspecified atom stereocenters. The number of ether oxygens (including phenoxy) is 1. The fraction of sp³-hybridized carbons (Fsp3) is 0.400. The Morgan fingerprint density at radius 1 is 0.956 bits per heavy atom. The first-order valence-electron chi connectivity index (χ1n) is 14.4. The summed E-state index contributed by atoms with van der Waals surface area (Å²) in [7, 11) is 0. The minimum atomic E-state index is -1.54. The van der Waals surface area contributed by atoms with Gasteiger partial charge in [-0.2, -0.15) is 0 Å². The Morgan fingerprint density at radius 2 is 1.64 bits per heavy atom. The van der Waals surface area contributed by atoms with Crippen molar-refractivity contribution in [3.8, 4) is 5.75 Å². The van der Waals surface area contributed by atoms with Crippen LogP contribution in [0.3, 0.4) is 0 Å². The maximum atomic E-state index is 13.4. The molecular weight excluding hydrogens is 606 g/mol. The number of carbonyl (C=O) groups excluding carboxylic acids is 4. The molecule has 0 saturated carbocycles. The molecule has 1 aliphatic rings. The van der Waals surface area contributed by atoms with Crippen molar-refractivity contribution in [1.29, 1.82) is 0 Å². The summed E-state index contributed by atoms with van der Waals surface area (Å²) in [6, 6.07) is 9.21. The molecule has 2 bridgehead atoms. The van der Waals surface area contributed by atoms with Crippen LogP contribution in [0.5, 0.6) is 5.75 Å². The monoisotopic (exact) mass is 641 g/mol. The first-order valence-corrected chi connectivity index (χ1v) is 14.8. The van der Waals surface area contributed by atoms with E-state index in [1.54, 1.807) is 35.1 Å². The minimum Gasteiger partial charge on any atom is -0.493 e. The molecule has 0 aliphatic carbocycles. The van der Waals surface area contributed by atoms with Crippen molar-refractivity contribution < 1.29 is 34.1 Å². The van der Waals surface area contributed by atoms with Crippen molar-refractivity contribution in [2.24, 2.45) is 0 Å². The number of benzene rings is 2. The third kappa shape index (κ3) is 9.23. The van der Waals surface area contributed by atoms with Gasteiger partial charge in [0, 0.05) is 24.4 Å². The average Bonchev–Trinajstić information content (AvgIpc) is 3.46. The number of amides is 4. The van der Waals surface area contributed by atoms with Crippen LogP contribution >= 0.6 is 11.6 Å². The number of aliphatic hydroxyl groups excluding tert-OH is 2. The maximum Gasteiger partial charge on any atom is 0.255 e. The minimum absolute atomic E-state index is 0.0305. The highest BCUT2D eigenvalue weighted by Crippen LogP contribution is 2.24. The van der Waals surface area contributed by atoms with Crippen LogP contribution in [0.2, 0.25) is 5.02 Å². The lowest BCUT2D eigenvalue weighted by atomic mass is 10.0. The molecule has 2 heterocycles. The van der Waals surface area contributed by atoms with E-state index in [2.05, 4.69) is 31.6 Å². The smallest absolute Gasteiger partial charge is 0.255 e. The van der Waals surface area contributed by atoms with E-state index >= 15 is 0 Å². The van der Waals surface area contributed by atoms with Gasteiger partial charge in [0.05, 0.1) is 37.1 Å². The molecule has 5 atom stereocenters. The number of nitrogens with one attached hydrogen (secondary N) is 4. The van der Waals surface area contributed by atoms with Crippen molar-refractivity contribution in [1.82, 2.24) is 36.3 Å². The van der Waals surface area contributed by atoms with Crippen molar-refractivity contribution >= 4 is 35.2 Å². The van der Waals surface area contributed by atoms with Gasteiger partial charge in [0.2, 0.25) is 17.7 Å². The van der Waals surface area contributed by atoms with Gasteiger partial charge in [-0.25, -0.2) is 0 Å². The molecule has 4 amide bonds. The topological polar surface area (TPSA) is 197 Å². The van der Waals surface area contributed by atoms with Gasteiger partial charge in [-0.05, 0) is 37.6 Å². The van der Waals surface area contributed by atoms with E-state index in [-0.39, 0.29) is 30.9 Å². The van der Waals surface area contributed by atoms with E-state index in [1.165, 1.54) is 32.0 Å². The number of hydrogen-bond acceptors (Lipinski definition) is 9. The Balaban J connectivity index is 1.64. The number of hydrogen-bond donors (Lipinski definition) is 6. The molecule has 4 rings (SSSR count). The lowest BCUT2D eigenvalue weighted by Crippen LogP contribution is -2.61. The molecular formula is C30H36ClN7O7. The fourth-order valence-electron chi connectivity index (χ4n) is 4.63. The van der Waals surface area contributed by atoms with E-state index in [4.69, 9.17) is 16.3 Å². The van der Waals surface area contributed by atoms with Gasteiger partial charge in [-0.15, -0.1) is 5.10 Å². The molecule has 6 N–H and O–H groups in total. The molecule has 1 aliphatic heterocycles. The number of nitrogens with zero attached hydrogens (tertiary/aromatic N) is 3. The molecule has 1 aromatic heterocycles. The second-order valence-corrected chi connectivity index (χ2v) is 11.1. The number of aryl methyl sites for hydroxylation is 1. The standard InChI is InChI=1S/C30H36ClN7O7/c1-17(39)25-29(43)33-23(13-19-7-4-3-5-8-19)28(42)32-15-21-16-38(37-36-21)11-6-12-45-24-14-20(31)9-10-22(24)27(41)34-26(18(2)40)30(44)35-25/h3-5,7-10,14,16-18,23,25-26,39-40H,6,11-13,15H2,1-2H3,(H,32,42)(H,33,43)(H,34,41)(H,35,44)/t17-,18-,23+,25+,26+/m1/s1. The first kappa shape index (κ1) is 33.4. The van der Waals surface area contributed by atoms with Crippen LogP contribution in [-0.2, 0) is 33.9 Å². The predicted molar refractivity (Wildman–Crippen MR) is 162 cm³/mol. The Kier molecular flexibility index (Phi) is 11.5. The summed E-state index contributed by atoms with van der Waals surface area (Å²) < 4.78 is 7.42. The van der Waals surface area contributed by atoms with Crippen molar-refractivity contribution in [2.75, 3.05) is 6.61 Å². The summed E-state index contributed by atoms with van der Waals surface area (Å²) in [6.45, 7) is 3.20. The lowest BCUT2D eigenvalue weighted by molar-refractivity contribution is -0.135. The third-order valence-electron chi connectivity index (χ3n) is 7.04. The van der Waals surface area contributed by atoms with Crippen molar-refractivity contribution in [3.05, 3.63) is 76.6 Å². The molecule has 240 valence electrons. The second-order valence-electron chi connectivity index (χ2n) is 10.7. The zero-order chi connectivity index (χ0) is 32.5. The molecule has 45 heavy (non-hydrogen) atoms. The molecule has 15 heteroatoms. The van der Waals surface area contributed by atoms with Gasteiger partial charge in [-0.1, -0.05) is 47.1 Å². The Hall–Kier alpha value is -4.53. The van der Waals surface area contributed by atoms with E-state index in [9.17, 15) is 29.4 Å². The zero-order valence-electron chi connectivity index (χ0n) is 24.8. The third-order valence-corrected chi connectivity index (χ3v) is 7.27. The van der Waals surface area contributed by atoms with Crippen LogP contribution in [-0.4, -0.2) is 85.8 Å². The SMILES string of the molecule is C[C@@H](O)[C@@H]1NC(=O)c2ccc(Cl)cc2OCCCn2cc(nn2)CNC(=O)[C@H](Cc2ccccc2)NC(=O)[C@H]([C@@H](C)O)NC1=O. The summed E-state index contributed by atoms with van der Waals surface area (Å²) in [5.74, 6) is -2.90. The van der Waals surface area contributed by atoms with E-state index in [1.807, 2.05) is 6.07 Å². The van der Waals surface area contributed by atoms with E-state index < -0.39 is 54.0 Å². The Morgan fingerprint density at radius 3 is 2.36 bits per heavy atom. The highest BCUT2D eigenvalue weighted by molar-refractivity contribution is 6.30. The maximum absolute atomic E-state index is 13.4. The summed E-state index contributed by atoms with van der Waals surface area (Å²) in [5.41, 5.74) is 1.30. The van der Waals surface area contributed by atoms with E-state index in [0.29, 0.717) is 23.7 Å². The van der Waals surface area contributed by atoms with Crippen LogP contribution in [0.25, 0.3) is 0 Å². The van der Waals surface area contributed by atoms with Gasteiger partial charge in [0.1, 0.15) is 29.6 Å². The zero-order valence-corrected chi connectivity index (χ0v) is 25.5. The quantitative estimate of drug-likeness (QED) is 0.229. The highest BCUT2D eigenvalue weighted by atomic mass is 35.5. The average molecular weight is 642 g/mol. The first-order chi connectivity index (χ1) is 21.5. The summed E-state index contributed by atoms with van der Waals surface area (Å²) in [6.07, 6.45) is -0.544. The normalized spacial score (nSPS) is 21.8. The molecule has 3 aromatic rings. The van der Waals surface area contributed by atoms with Crippen LogP contribution in [0, 0.1) is 0 Å². The van der Waals surface area contributed by atoms with Gasteiger partial charge < -0.3 is 36.2 Å². The van der Waals surface area contributed by atoms with Crippen LogP contribution in [0.4, 0.5) is 0 Å². The van der Waals surface area contributed by atoms with Crippen molar-refractivity contribution in [2.45, 2.75) is 70.1 Å². The summed E-state index contributed by atoms with van der Waals surface area (Å²) >= 11 is 6.14. The Bertz CT molecular complexity index is 1500. The lowest BCUT2D eigenvalue weighted by Gasteiger charge is -2.27. The van der Waals surface area contributed by atoms with Crippen LogP contribution in [0.1, 0.15) is 41.9 Å². The number of fused-ring (bicyclic) bond motifs is 3. The van der Waals surface area contributed by atoms with Crippen LogP contribution in [0.15, 0.2) is 54.7 Å².